The lowest BCUT2D eigenvalue weighted by atomic mass is 10.1. The molecule has 0 saturated carbocycles. The van der Waals surface area contributed by atoms with E-state index in [1.807, 2.05) is 12.1 Å². The molecular formula is C13H13N3O2. The van der Waals surface area contributed by atoms with Crippen LogP contribution in [0.3, 0.4) is 0 Å². The smallest absolute Gasteiger partial charge is 0.335 e. The second-order valence-corrected chi connectivity index (χ2v) is 3.82. The Hall–Kier alpha value is -2.56. The highest BCUT2D eigenvalue weighted by molar-refractivity contribution is 5.90. The molecule has 0 atom stereocenters. The molecule has 0 aliphatic carbocycles. The van der Waals surface area contributed by atoms with Crippen molar-refractivity contribution in [2.45, 2.75) is 6.54 Å². The summed E-state index contributed by atoms with van der Waals surface area (Å²) in [4.78, 5) is 14.7. The minimum atomic E-state index is -0.984. The van der Waals surface area contributed by atoms with Gasteiger partial charge in [-0.05, 0) is 35.9 Å². The summed E-state index contributed by atoms with van der Waals surface area (Å²) >= 11 is 0. The second kappa shape index (κ2) is 5.18. The van der Waals surface area contributed by atoms with Gasteiger partial charge in [-0.25, -0.2) is 4.79 Å². The number of carboxylic acids is 1. The fourth-order valence-electron chi connectivity index (χ4n) is 1.55. The fraction of sp³-hybridized carbons (Fsp3) is 0.0769. The zero-order chi connectivity index (χ0) is 13.0. The van der Waals surface area contributed by atoms with Crippen molar-refractivity contribution in [2.75, 3.05) is 11.1 Å². The quantitative estimate of drug-likeness (QED) is 0.714. The monoisotopic (exact) mass is 243 g/mol. The first kappa shape index (κ1) is 11.9. The first-order chi connectivity index (χ1) is 8.66. The van der Waals surface area contributed by atoms with Crippen LogP contribution in [0.25, 0.3) is 0 Å². The van der Waals surface area contributed by atoms with Crippen LogP contribution in [-0.2, 0) is 6.54 Å². The molecule has 0 saturated heterocycles. The first-order valence-electron chi connectivity index (χ1n) is 5.42. The number of hydrogen-bond acceptors (Lipinski definition) is 4. The molecule has 0 aliphatic heterocycles. The van der Waals surface area contributed by atoms with Gasteiger partial charge in [0.1, 0.15) is 0 Å². The van der Waals surface area contributed by atoms with E-state index in [0.717, 1.165) is 11.3 Å². The third kappa shape index (κ3) is 2.76. The molecule has 1 aromatic heterocycles. The maximum Gasteiger partial charge on any atom is 0.335 e. The minimum absolute atomic E-state index is 0.182. The van der Waals surface area contributed by atoms with E-state index in [-0.39, 0.29) is 5.56 Å². The van der Waals surface area contributed by atoms with E-state index in [1.165, 1.54) is 12.1 Å². The third-order valence-corrected chi connectivity index (χ3v) is 2.53. The van der Waals surface area contributed by atoms with E-state index < -0.39 is 5.97 Å². The number of pyridine rings is 1. The lowest BCUT2D eigenvalue weighted by Crippen LogP contribution is -2.04. The van der Waals surface area contributed by atoms with E-state index in [0.29, 0.717) is 12.2 Å². The molecule has 1 aromatic carbocycles. The molecule has 2 aromatic rings. The summed E-state index contributed by atoms with van der Waals surface area (Å²) in [7, 11) is 0. The zero-order valence-corrected chi connectivity index (χ0v) is 9.63. The molecule has 0 unspecified atom stereocenters. The van der Waals surface area contributed by atoms with Gasteiger partial charge in [0.2, 0.25) is 0 Å². The number of carboxylic acid groups (broad SMARTS) is 1. The predicted molar refractivity (Wildman–Crippen MR) is 69.4 cm³/mol. The number of nitrogens with two attached hydrogens (primary N) is 1. The van der Waals surface area contributed by atoms with Crippen molar-refractivity contribution in [3.63, 3.8) is 0 Å². The van der Waals surface area contributed by atoms with Crippen molar-refractivity contribution in [3.05, 3.63) is 53.9 Å². The number of nitrogens with one attached hydrogen (secondary N) is 1. The van der Waals surface area contributed by atoms with Crippen LogP contribution in [-0.4, -0.2) is 16.1 Å². The number of anilines is 2. The number of carbonyl (C=O) groups is 1. The topological polar surface area (TPSA) is 88.2 Å². The molecule has 18 heavy (non-hydrogen) atoms. The summed E-state index contributed by atoms with van der Waals surface area (Å²) in [5, 5.41) is 12.0. The van der Waals surface area contributed by atoms with Gasteiger partial charge in [-0.3, -0.25) is 4.98 Å². The maximum atomic E-state index is 10.8. The lowest BCUT2D eigenvalue weighted by molar-refractivity contribution is 0.0697. The summed E-state index contributed by atoms with van der Waals surface area (Å²) in [5.41, 5.74) is 8.18. The van der Waals surface area contributed by atoms with Gasteiger partial charge in [-0.2, -0.15) is 0 Å². The summed E-state index contributed by atoms with van der Waals surface area (Å²) in [6.07, 6.45) is 3.43. The summed E-state index contributed by atoms with van der Waals surface area (Å²) in [5.74, 6) is -0.984. The van der Waals surface area contributed by atoms with Crippen molar-refractivity contribution in [1.29, 1.82) is 0 Å². The van der Waals surface area contributed by atoms with Crippen molar-refractivity contribution in [3.8, 4) is 0 Å². The van der Waals surface area contributed by atoms with Gasteiger partial charge >= 0.3 is 5.97 Å². The van der Waals surface area contributed by atoms with Crippen molar-refractivity contribution in [2.24, 2.45) is 0 Å². The Morgan fingerprint density at radius 2 is 2.00 bits per heavy atom. The number of hydrogen-bond donors (Lipinski definition) is 3. The van der Waals surface area contributed by atoms with E-state index >= 15 is 0 Å². The van der Waals surface area contributed by atoms with Gasteiger partial charge in [0, 0.05) is 18.9 Å². The van der Waals surface area contributed by atoms with Crippen molar-refractivity contribution >= 4 is 17.3 Å². The molecule has 5 heteroatoms. The van der Waals surface area contributed by atoms with Gasteiger partial charge in [0.25, 0.3) is 0 Å². The van der Waals surface area contributed by atoms with Gasteiger partial charge in [-0.15, -0.1) is 0 Å². The van der Waals surface area contributed by atoms with Gasteiger partial charge in [0.15, 0.2) is 0 Å². The highest BCUT2D eigenvalue weighted by atomic mass is 16.4. The first-order valence-corrected chi connectivity index (χ1v) is 5.42. The Kier molecular flexibility index (Phi) is 3.43. The highest BCUT2D eigenvalue weighted by Crippen LogP contribution is 2.20. The summed E-state index contributed by atoms with van der Waals surface area (Å²) in [6.45, 7) is 0.610. The van der Waals surface area contributed by atoms with Crippen LogP contribution in [0, 0.1) is 0 Å². The molecule has 0 fully saturated rings. The van der Waals surface area contributed by atoms with E-state index in [4.69, 9.17) is 10.8 Å². The Bertz CT molecular complexity index is 555. The number of aromatic carboxylic acids is 1. The molecule has 1 heterocycles. The number of nitrogens with zero attached hydrogens (tertiary/aromatic N) is 1. The Morgan fingerprint density at radius 3 is 2.61 bits per heavy atom. The SMILES string of the molecule is Nc1cc(C(=O)O)ccc1NCc1ccncc1. The predicted octanol–water partition coefficient (Wildman–Crippen LogP) is 1.97. The van der Waals surface area contributed by atoms with Crippen LogP contribution < -0.4 is 11.1 Å². The largest absolute Gasteiger partial charge is 0.478 e. The van der Waals surface area contributed by atoms with Gasteiger partial charge < -0.3 is 16.2 Å². The van der Waals surface area contributed by atoms with Crippen molar-refractivity contribution in [1.82, 2.24) is 4.98 Å². The Labute approximate surface area is 104 Å². The highest BCUT2D eigenvalue weighted by Gasteiger charge is 2.05. The van der Waals surface area contributed by atoms with E-state index in [2.05, 4.69) is 10.3 Å². The minimum Gasteiger partial charge on any atom is -0.478 e. The van der Waals surface area contributed by atoms with Crippen LogP contribution in [0.15, 0.2) is 42.7 Å². The maximum absolute atomic E-state index is 10.8. The number of nitrogen functional groups attached to an aromatic ring is 1. The molecule has 0 aliphatic rings. The average molecular weight is 243 g/mol. The number of benzene rings is 1. The molecule has 2 rings (SSSR count). The van der Waals surface area contributed by atoms with Crippen LogP contribution in [0.2, 0.25) is 0 Å². The molecule has 0 amide bonds. The molecule has 4 N–H and O–H groups in total. The lowest BCUT2D eigenvalue weighted by Gasteiger charge is -2.09. The Morgan fingerprint density at radius 1 is 1.28 bits per heavy atom. The molecule has 0 radical (unpaired) electrons. The number of aromatic nitrogens is 1. The van der Waals surface area contributed by atoms with E-state index in [9.17, 15) is 4.79 Å². The Balaban J connectivity index is 2.08. The molecular weight excluding hydrogens is 230 g/mol. The normalized spacial score (nSPS) is 10.0. The summed E-state index contributed by atoms with van der Waals surface area (Å²) in [6, 6.07) is 8.42. The second-order valence-electron chi connectivity index (χ2n) is 3.82. The molecule has 92 valence electrons. The van der Waals surface area contributed by atoms with Gasteiger partial charge in [0.05, 0.1) is 16.9 Å². The van der Waals surface area contributed by atoms with Crippen LogP contribution >= 0.6 is 0 Å². The van der Waals surface area contributed by atoms with Crippen LogP contribution in [0.5, 0.6) is 0 Å². The average Bonchev–Trinajstić information content (AvgIpc) is 2.38. The molecule has 0 spiro atoms. The van der Waals surface area contributed by atoms with Gasteiger partial charge in [-0.1, -0.05) is 0 Å². The molecule has 0 bridgehead atoms. The van der Waals surface area contributed by atoms with Crippen LogP contribution in [0.1, 0.15) is 15.9 Å². The fourth-order valence-corrected chi connectivity index (χ4v) is 1.55. The summed E-state index contributed by atoms with van der Waals surface area (Å²) < 4.78 is 0. The van der Waals surface area contributed by atoms with Crippen LogP contribution in [0.4, 0.5) is 11.4 Å². The molecule has 5 nitrogen and oxygen atoms in total. The standard InChI is InChI=1S/C13H13N3O2/c14-11-7-10(13(17)18)1-2-12(11)16-8-9-3-5-15-6-4-9/h1-7,16H,8,14H2,(H,17,18). The number of rotatable bonds is 4. The van der Waals surface area contributed by atoms with Crippen molar-refractivity contribution < 1.29 is 9.90 Å². The van der Waals surface area contributed by atoms with E-state index in [1.54, 1.807) is 18.5 Å². The third-order valence-electron chi connectivity index (χ3n) is 2.53. The zero-order valence-electron chi connectivity index (χ0n) is 9.63.